The summed E-state index contributed by atoms with van der Waals surface area (Å²) in [7, 11) is -3.13. The van der Waals surface area contributed by atoms with Crippen LogP contribution in [0.5, 0.6) is 0 Å². The van der Waals surface area contributed by atoms with Gasteiger partial charge in [-0.25, -0.2) is 8.42 Å². The highest BCUT2D eigenvalue weighted by molar-refractivity contribution is 7.90. The van der Waals surface area contributed by atoms with E-state index in [0.29, 0.717) is 4.90 Å². The molecule has 19 heavy (non-hydrogen) atoms. The lowest BCUT2D eigenvalue weighted by Crippen LogP contribution is -2.17. The molecule has 1 N–H and O–H groups in total. The van der Waals surface area contributed by atoms with Gasteiger partial charge in [0.15, 0.2) is 9.84 Å². The average molecular weight is 281 g/mol. The van der Waals surface area contributed by atoms with Crippen molar-refractivity contribution in [2.45, 2.75) is 43.9 Å². The molecule has 1 aromatic carbocycles. The molecule has 0 radical (unpaired) electrons. The molecule has 3 nitrogen and oxygen atoms in total. The van der Waals surface area contributed by atoms with Crippen molar-refractivity contribution in [2.24, 2.45) is 5.92 Å². The number of nitrogens with one attached hydrogen (secondary N) is 1. The molecule has 0 amide bonds. The number of hydrogen-bond donors (Lipinski definition) is 1. The van der Waals surface area contributed by atoms with Crippen molar-refractivity contribution in [3.05, 3.63) is 23.8 Å². The molecule has 1 fully saturated rings. The summed E-state index contributed by atoms with van der Waals surface area (Å²) in [5, 5.41) is 3.43. The Balaban J connectivity index is 2.06. The molecule has 0 heterocycles. The largest absolute Gasteiger partial charge is 0.385 e. The lowest BCUT2D eigenvalue weighted by Gasteiger charge is -2.23. The zero-order valence-corrected chi connectivity index (χ0v) is 12.6. The second-order valence-electron chi connectivity index (χ2n) is 5.63. The third-order valence-corrected chi connectivity index (χ3v) is 5.05. The smallest absolute Gasteiger partial charge is 0.175 e. The van der Waals surface area contributed by atoms with Crippen LogP contribution in [0.25, 0.3) is 0 Å². The summed E-state index contributed by atoms with van der Waals surface area (Å²) in [6, 6.07) is 5.31. The summed E-state index contributed by atoms with van der Waals surface area (Å²) in [6.45, 7) is 2.96. The van der Waals surface area contributed by atoms with Gasteiger partial charge in [0.1, 0.15) is 0 Å². The summed E-state index contributed by atoms with van der Waals surface area (Å²) in [5.74, 6) is 0.732. The van der Waals surface area contributed by atoms with Gasteiger partial charge in [-0.3, -0.25) is 0 Å². The number of aryl methyl sites for hydroxylation is 1. The average Bonchev–Trinajstić information content (AvgIpc) is 2.37. The van der Waals surface area contributed by atoms with E-state index >= 15 is 0 Å². The van der Waals surface area contributed by atoms with Gasteiger partial charge in [0.2, 0.25) is 0 Å². The Bertz CT molecular complexity index is 531. The Morgan fingerprint density at radius 3 is 2.53 bits per heavy atom. The fraction of sp³-hybridized carbons (Fsp3) is 0.600. The first-order chi connectivity index (χ1) is 8.97. The Labute approximate surface area is 116 Å². The normalized spacial score (nSPS) is 17.4. The summed E-state index contributed by atoms with van der Waals surface area (Å²) in [5.41, 5.74) is 2.05. The van der Waals surface area contributed by atoms with E-state index in [9.17, 15) is 8.42 Å². The van der Waals surface area contributed by atoms with Gasteiger partial charge in [-0.15, -0.1) is 0 Å². The SMILES string of the molecule is Cc1ccc(S(C)(=O)=O)cc1NCC1CCCCC1. The van der Waals surface area contributed by atoms with E-state index in [2.05, 4.69) is 5.32 Å². The van der Waals surface area contributed by atoms with E-state index in [1.165, 1.54) is 38.4 Å². The van der Waals surface area contributed by atoms with Crippen LogP contribution in [0.3, 0.4) is 0 Å². The third-order valence-electron chi connectivity index (χ3n) is 3.94. The standard InChI is InChI=1S/C15H23NO2S/c1-12-8-9-14(19(2,17)18)10-15(12)16-11-13-6-4-3-5-7-13/h8-10,13,16H,3-7,11H2,1-2H3. The summed E-state index contributed by atoms with van der Waals surface area (Å²) in [6.07, 6.45) is 7.85. The fourth-order valence-corrected chi connectivity index (χ4v) is 3.31. The van der Waals surface area contributed by atoms with Crippen molar-refractivity contribution in [1.82, 2.24) is 0 Å². The number of rotatable bonds is 4. The molecule has 0 unspecified atom stereocenters. The zero-order chi connectivity index (χ0) is 13.9. The van der Waals surface area contributed by atoms with E-state index in [1.807, 2.05) is 13.0 Å². The molecule has 4 heteroatoms. The lowest BCUT2D eigenvalue weighted by atomic mass is 9.89. The minimum Gasteiger partial charge on any atom is -0.385 e. The van der Waals surface area contributed by atoms with Crippen molar-refractivity contribution in [2.75, 3.05) is 18.1 Å². The van der Waals surface area contributed by atoms with Crippen molar-refractivity contribution < 1.29 is 8.42 Å². The zero-order valence-electron chi connectivity index (χ0n) is 11.8. The fourth-order valence-electron chi connectivity index (χ4n) is 2.67. The van der Waals surface area contributed by atoms with E-state index in [-0.39, 0.29) is 0 Å². The molecule has 2 rings (SSSR count). The van der Waals surface area contributed by atoms with Gasteiger partial charge >= 0.3 is 0 Å². The molecule has 0 atom stereocenters. The van der Waals surface area contributed by atoms with Crippen LogP contribution in [-0.4, -0.2) is 21.2 Å². The molecule has 1 saturated carbocycles. The highest BCUT2D eigenvalue weighted by Crippen LogP contribution is 2.25. The maximum atomic E-state index is 11.6. The van der Waals surface area contributed by atoms with E-state index in [1.54, 1.807) is 12.1 Å². The van der Waals surface area contributed by atoms with Crippen molar-refractivity contribution in [1.29, 1.82) is 0 Å². The van der Waals surface area contributed by atoms with Gasteiger partial charge in [-0.2, -0.15) is 0 Å². The van der Waals surface area contributed by atoms with Crippen molar-refractivity contribution in [3.63, 3.8) is 0 Å². The lowest BCUT2D eigenvalue weighted by molar-refractivity contribution is 0.373. The van der Waals surface area contributed by atoms with Crippen LogP contribution in [0.15, 0.2) is 23.1 Å². The highest BCUT2D eigenvalue weighted by atomic mass is 32.2. The topological polar surface area (TPSA) is 46.2 Å². The molecule has 1 aliphatic carbocycles. The Morgan fingerprint density at radius 2 is 1.89 bits per heavy atom. The quantitative estimate of drug-likeness (QED) is 0.920. The monoisotopic (exact) mass is 281 g/mol. The summed E-state index contributed by atoms with van der Waals surface area (Å²) >= 11 is 0. The maximum absolute atomic E-state index is 11.6. The first-order valence-electron chi connectivity index (χ1n) is 7.01. The van der Waals surface area contributed by atoms with Crippen LogP contribution in [0, 0.1) is 12.8 Å². The summed E-state index contributed by atoms with van der Waals surface area (Å²) in [4.78, 5) is 0.393. The van der Waals surface area contributed by atoms with Crippen LogP contribution < -0.4 is 5.32 Å². The Hall–Kier alpha value is -1.03. The van der Waals surface area contributed by atoms with E-state index in [0.717, 1.165) is 23.7 Å². The molecular weight excluding hydrogens is 258 g/mol. The third kappa shape index (κ3) is 3.96. The van der Waals surface area contributed by atoms with Gasteiger partial charge in [0, 0.05) is 18.5 Å². The minimum absolute atomic E-state index is 0.393. The molecule has 106 valence electrons. The van der Waals surface area contributed by atoms with Gasteiger partial charge in [0.25, 0.3) is 0 Å². The number of hydrogen-bond acceptors (Lipinski definition) is 3. The Kier molecular flexibility index (Phi) is 4.50. The number of benzene rings is 1. The van der Waals surface area contributed by atoms with Crippen LogP contribution in [0.1, 0.15) is 37.7 Å². The first-order valence-corrected chi connectivity index (χ1v) is 8.90. The predicted octanol–water partition coefficient (Wildman–Crippen LogP) is 3.39. The van der Waals surface area contributed by atoms with E-state index < -0.39 is 9.84 Å². The van der Waals surface area contributed by atoms with Crippen molar-refractivity contribution >= 4 is 15.5 Å². The maximum Gasteiger partial charge on any atom is 0.175 e. The van der Waals surface area contributed by atoms with Gasteiger partial charge in [-0.05, 0) is 43.4 Å². The van der Waals surface area contributed by atoms with Crippen molar-refractivity contribution in [3.8, 4) is 0 Å². The number of sulfone groups is 1. The van der Waals surface area contributed by atoms with Gasteiger partial charge < -0.3 is 5.32 Å². The molecule has 0 saturated heterocycles. The Morgan fingerprint density at radius 1 is 1.21 bits per heavy atom. The predicted molar refractivity (Wildman–Crippen MR) is 79.4 cm³/mol. The molecule has 0 aromatic heterocycles. The molecule has 1 aromatic rings. The first kappa shape index (κ1) is 14.4. The molecule has 0 aliphatic heterocycles. The molecule has 0 bridgehead atoms. The highest BCUT2D eigenvalue weighted by Gasteiger charge is 2.14. The van der Waals surface area contributed by atoms with E-state index in [4.69, 9.17) is 0 Å². The molecular formula is C15H23NO2S. The minimum atomic E-state index is -3.13. The molecule has 1 aliphatic rings. The molecule has 0 spiro atoms. The van der Waals surface area contributed by atoms with Crippen LogP contribution >= 0.6 is 0 Å². The van der Waals surface area contributed by atoms with Crippen LogP contribution in [0.2, 0.25) is 0 Å². The van der Waals surface area contributed by atoms with Crippen LogP contribution in [0.4, 0.5) is 5.69 Å². The van der Waals surface area contributed by atoms with Gasteiger partial charge in [-0.1, -0.05) is 25.3 Å². The second-order valence-corrected chi connectivity index (χ2v) is 7.65. The second kappa shape index (κ2) is 5.95. The number of anilines is 1. The van der Waals surface area contributed by atoms with Crippen LogP contribution in [-0.2, 0) is 9.84 Å². The van der Waals surface area contributed by atoms with Gasteiger partial charge in [0.05, 0.1) is 4.90 Å². The summed E-state index contributed by atoms with van der Waals surface area (Å²) < 4.78 is 23.1.